The second-order valence-electron chi connectivity index (χ2n) is 8.67. The van der Waals surface area contributed by atoms with Gasteiger partial charge in [0.25, 0.3) is 0 Å². The van der Waals surface area contributed by atoms with Crippen molar-refractivity contribution in [3.63, 3.8) is 0 Å². The SMILES string of the molecule is CNCc1ccc(-c2cc(-c3nc(-c4ccc(S(=O)(=O)C5CCOCC5)cc4)cnc3N)on2)cc1. The number of rotatable bonds is 7. The minimum Gasteiger partial charge on any atom is -0.382 e. The Balaban J connectivity index is 1.39. The first-order chi connectivity index (χ1) is 17.5. The average molecular weight is 506 g/mol. The Morgan fingerprint density at radius 2 is 1.67 bits per heavy atom. The highest BCUT2D eigenvalue weighted by molar-refractivity contribution is 7.92. The van der Waals surface area contributed by atoms with Crippen LogP contribution in [0.2, 0.25) is 0 Å². The van der Waals surface area contributed by atoms with E-state index in [1.807, 2.05) is 31.3 Å². The summed E-state index contributed by atoms with van der Waals surface area (Å²) in [6.07, 6.45) is 2.57. The maximum Gasteiger partial charge on any atom is 0.189 e. The molecular formula is C26H27N5O4S. The molecule has 1 aliphatic rings. The number of hydrogen-bond acceptors (Lipinski definition) is 9. The summed E-state index contributed by atoms with van der Waals surface area (Å²) < 4.78 is 36.8. The Bertz CT molecular complexity index is 1440. The third kappa shape index (κ3) is 4.88. The highest BCUT2D eigenvalue weighted by Crippen LogP contribution is 2.31. The molecule has 0 amide bonds. The summed E-state index contributed by atoms with van der Waals surface area (Å²) in [6.45, 7) is 1.72. The van der Waals surface area contributed by atoms with Gasteiger partial charge < -0.3 is 20.3 Å². The zero-order valence-corrected chi connectivity index (χ0v) is 20.7. The Morgan fingerprint density at radius 1 is 1.00 bits per heavy atom. The van der Waals surface area contributed by atoms with E-state index in [-0.39, 0.29) is 5.82 Å². The molecule has 1 fully saturated rings. The lowest BCUT2D eigenvalue weighted by molar-refractivity contribution is 0.0983. The number of benzene rings is 2. The molecule has 0 bridgehead atoms. The molecule has 36 heavy (non-hydrogen) atoms. The monoisotopic (exact) mass is 505 g/mol. The van der Waals surface area contributed by atoms with Gasteiger partial charge in [0.05, 0.1) is 22.0 Å². The van der Waals surface area contributed by atoms with Crippen molar-refractivity contribution in [1.29, 1.82) is 0 Å². The predicted octanol–water partition coefficient (Wildman–Crippen LogP) is 3.72. The fourth-order valence-electron chi connectivity index (χ4n) is 4.23. The van der Waals surface area contributed by atoms with E-state index in [1.165, 1.54) is 5.56 Å². The van der Waals surface area contributed by atoms with Crippen LogP contribution in [0.4, 0.5) is 5.82 Å². The molecule has 0 radical (unpaired) electrons. The van der Waals surface area contributed by atoms with E-state index >= 15 is 0 Å². The highest BCUT2D eigenvalue weighted by atomic mass is 32.2. The lowest BCUT2D eigenvalue weighted by Crippen LogP contribution is -2.28. The van der Waals surface area contributed by atoms with Crippen LogP contribution in [0.25, 0.3) is 34.0 Å². The van der Waals surface area contributed by atoms with Crippen molar-refractivity contribution in [1.82, 2.24) is 20.4 Å². The van der Waals surface area contributed by atoms with Crippen molar-refractivity contribution in [2.24, 2.45) is 0 Å². The molecule has 3 N–H and O–H groups in total. The lowest BCUT2D eigenvalue weighted by atomic mass is 10.1. The second kappa shape index (κ2) is 10.2. The van der Waals surface area contributed by atoms with Gasteiger partial charge in [-0.1, -0.05) is 41.6 Å². The van der Waals surface area contributed by atoms with Gasteiger partial charge in [0.2, 0.25) is 0 Å². The zero-order valence-electron chi connectivity index (χ0n) is 19.8. The Labute approximate surface area is 209 Å². The fourth-order valence-corrected chi connectivity index (χ4v) is 5.95. The summed E-state index contributed by atoms with van der Waals surface area (Å²) in [5.41, 5.74) is 10.5. The van der Waals surface area contributed by atoms with Crippen molar-refractivity contribution < 1.29 is 17.7 Å². The normalized spacial score (nSPS) is 14.7. The minimum atomic E-state index is -3.41. The van der Waals surface area contributed by atoms with Gasteiger partial charge in [-0.3, -0.25) is 0 Å². The zero-order chi connectivity index (χ0) is 25.1. The molecule has 186 valence electrons. The first-order valence-corrected chi connectivity index (χ1v) is 13.3. The van der Waals surface area contributed by atoms with Gasteiger partial charge in [-0.05, 0) is 37.6 Å². The number of hydrogen-bond donors (Lipinski definition) is 2. The van der Waals surface area contributed by atoms with Gasteiger partial charge in [-0.25, -0.2) is 18.4 Å². The number of sulfone groups is 1. The molecule has 9 nitrogen and oxygen atoms in total. The molecule has 0 atom stereocenters. The van der Waals surface area contributed by atoms with Gasteiger partial charge in [-0.15, -0.1) is 0 Å². The molecule has 0 aliphatic carbocycles. The molecule has 0 saturated carbocycles. The third-order valence-corrected chi connectivity index (χ3v) is 8.54. The molecular weight excluding hydrogens is 478 g/mol. The van der Waals surface area contributed by atoms with Crippen molar-refractivity contribution in [3.05, 3.63) is 66.4 Å². The van der Waals surface area contributed by atoms with Gasteiger partial charge in [-0.2, -0.15) is 0 Å². The summed E-state index contributed by atoms with van der Waals surface area (Å²) in [5, 5.41) is 6.88. The molecule has 3 heterocycles. The van der Waals surface area contributed by atoms with Crippen LogP contribution in [-0.2, 0) is 21.1 Å². The lowest BCUT2D eigenvalue weighted by Gasteiger charge is -2.22. The third-order valence-electron chi connectivity index (χ3n) is 6.26. The van der Waals surface area contributed by atoms with E-state index in [0.29, 0.717) is 53.8 Å². The molecule has 10 heteroatoms. The summed E-state index contributed by atoms with van der Waals surface area (Å²) in [5.74, 6) is 0.611. The van der Waals surface area contributed by atoms with E-state index in [1.54, 1.807) is 36.5 Å². The van der Waals surface area contributed by atoms with Crippen molar-refractivity contribution >= 4 is 15.7 Å². The van der Waals surface area contributed by atoms with E-state index in [4.69, 9.17) is 15.0 Å². The van der Waals surface area contributed by atoms with Gasteiger partial charge in [0, 0.05) is 37.0 Å². The quantitative estimate of drug-likeness (QED) is 0.385. The van der Waals surface area contributed by atoms with Crippen molar-refractivity contribution in [2.45, 2.75) is 29.5 Å². The number of nitrogen functional groups attached to an aromatic ring is 1. The van der Waals surface area contributed by atoms with E-state index in [0.717, 1.165) is 17.7 Å². The Morgan fingerprint density at radius 3 is 2.36 bits per heavy atom. The fraction of sp³-hybridized carbons (Fsp3) is 0.269. The maximum absolute atomic E-state index is 13.0. The van der Waals surface area contributed by atoms with Gasteiger partial charge >= 0.3 is 0 Å². The Hall–Kier alpha value is -3.60. The van der Waals surface area contributed by atoms with Gasteiger partial charge in [0.15, 0.2) is 27.1 Å². The molecule has 5 rings (SSSR count). The molecule has 0 unspecified atom stereocenters. The largest absolute Gasteiger partial charge is 0.382 e. The van der Waals surface area contributed by atoms with Crippen molar-refractivity contribution in [2.75, 3.05) is 26.0 Å². The van der Waals surface area contributed by atoms with Gasteiger partial charge in [0.1, 0.15) is 5.69 Å². The number of nitrogens with one attached hydrogen (secondary N) is 1. The number of ether oxygens (including phenoxy) is 1. The van der Waals surface area contributed by atoms with Crippen LogP contribution in [0.5, 0.6) is 0 Å². The number of aromatic nitrogens is 3. The summed E-state index contributed by atoms with van der Waals surface area (Å²) in [4.78, 5) is 9.22. The molecule has 1 saturated heterocycles. The van der Waals surface area contributed by atoms with Crippen LogP contribution in [0.3, 0.4) is 0 Å². The van der Waals surface area contributed by atoms with Crippen LogP contribution < -0.4 is 11.1 Å². The minimum absolute atomic E-state index is 0.213. The van der Waals surface area contributed by atoms with Crippen LogP contribution in [0.1, 0.15) is 18.4 Å². The molecule has 1 aliphatic heterocycles. The smallest absolute Gasteiger partial charge is 0.189 e. The number of anilines is 1. The van der Waals surface area contributed by atoms with Crippen LogP contribution >= 0.6 is 0 Å². The van der Waals surface area contributed by atoms with E-state index in [2.05, 4.69) is 20.4 Å². The topological polar surface area (TPSA) is 133 Å². The number of nitrogens with zero attached hydrogens (tertiary/aromatic N) is 3. The predicted molar refractivity (Wildman–Crippen MR) is 137 cm³/mol. The van der Waals surface area contributed by atoms with E-state index in [9.17, 15) is 8.42 Å². The summed E-state index contributed by atoms with van der Waals surface area (Å²) in [7, 11) is -1.51. The maximum atomic E-state index is 13.0. The summed E-state index contributed by atoms with van der Waals surface area (Å²) >= 11 is 0. The molecule has 2 aromatic heterocycles. The summed E-state index contributed by atoms with van der Waals surface area (Å²) in [6, 6.07) is 16.5. The van der Waals surface area contributed by atoms with Crippen LogP contribution in [0.15, 0.2) is 70.2 Å². The molecule has 0 spiro atoms. The molecule has 2 aromatic carbocycles. The standard InChI is InChI=1S/C26H27N5O4S/c1-28-15-17-2-4-18(5-3-17)22-14-24(35-31-22)25-26(27)29-16-23(30-25)19-6-8-20(9-7-19)36(32,33)21-10-12-34-13-11-21/h2-9,14,16,21,28H,10-13,15H2,1H3,(H2,27,29). The first-order valence-electron chi connectivity index (χ1n) is 11.7. The number of nitrogens with two attached hydrogens (primary N) is 1. The Kier molecular flexibility index (Phi) is 6.82. The second-order valence-corrected chi connectivity index (χ2v) is 10.9. The first kappa shape index (κ1) is 24.1. The molecule has 4 aromatic rings. The van der Waals surface area contributed by atoms with E-state index < -0.39 is 15.1 Å². The highest BCUT2D eigenvalue weighted by Gasteiger charge is 2.29. The van der Waals surface area contributed by atoms with Crippen LogP contribution in [-0.4, -0.2) is 49.1 Å². The average Bonchev–Trinajstić information content (AvgIpc) is 3.40. The van der Waals surface area contributed by atoms with Crippen LogP contribution in [0, 0.1) is 0 Å². The van der Waals surface area contributed by atoms with Crippen molar-refractivity contribution in [3.8, 4) is 34.0 Å².